The smallest absolute Gasteiger partial charge is 0.350 e. The molecule has 2 aliphatic rings. The van der Waals surface area contributed by atoms with Crippen LogP contribution < -0.4 is 9.48 Å². The Bertz CT molecular complexity index is 536. The fourth-order valence-corrected chi connectivity index (χ4v) is 5.33. The van der Waals surface area contributed by atoms with Crippen LogP contribution in [0.3, 0.4) is 0 Å². The first-order chi connectivity index (χ1) is 7.69. The summed E-state index contributed by atoms with van der Waals surface area (Å²) >= 11 is 1.03. The van der Waals surface area contributed by atoms with E-state index in [4.69, 9.17) is 9.47 Å². The lowest BCUT2D eigenvalue weighted by Crippen LogP contribution is -2.02. The van der Waals surface area contributed by atoms with Crippen molar-refractivity contribution in [1.29, 1.82) is 0 Å². The lowest BCUT2D eigenvalue weighted by Gasteiger charge is -1.98. The van der Waals surface area contributed by atoms with E-state index in [2.05, 4.69) is 0 Å². The molecule has 0 amide bonds. The minimum absolute atomic E-state index is 0.151. The lowest BCUT2D eigenvalue weighted by atomic mass is 10.3. The van der Waals surface area contributed by atoms with Gasteiger partial charge in [0.2, 0.25) is 0 Å². The van der Waals surface area contributed by atoms with E-state index in [9.17, 15) is 9.59 Å². The molecule has 7 heteroatoms. The van der Waals surface area contributed by atoms with Crippen LogP contribution in [0.15, 0.2) is 4.79 Å². The number of carbonyl (C=O) groups is 1. The van der Waals surface area contributed by atoms with Crippen LogP contribution in [0.25, 0.3) is 9.75 Å². The van der Waals surface area contributed by atoms with Gasteiger partial charge in [-0.1, -0.05) is 32.0 Å². The first-order valence-electron chi connectivity index (χ1n) is 4.45. The molecule has 0 saturated carbocycles. The average molecular weight is 276 g/mol. The monoisotopic (exact) mass is 276 g/mol. The summed E-state index contributed by atoms with van der Waals surface area (Å²) in [5.41, 5.74) is 0. The van der Waals surface area contributed by atoms with Gasteiger partial charge in [0, 0.05) is 0 Å². The van der Waals surface area contributed by atoms with Crippen LogP contribution in [-0.4, -0.2) is 19.7 Å². The molecule has 86 valence electrons. The predicted molar refractivity (Wildman–Crippen MR) is 65.5 cm³/mol. The third kappa shape index (κ3) is 1.74. The highest BCUT2D eigenvalue weighted by atomic mass is 32.9. The standard InChI is InChI=1S/C9H8O4S3/c1-3-13-8(10)7-6-5(15-16-7)4(12-2)9(11)14-6/h3H2,1-2H3. The van der Waals surface area contributed by atoms with Gasteiger partial charge < -0.3 is 9.47 Å². The van der Waals surface area contributed by atoms with E-state index in [1.807, 2.05) is 0 Å². The summed E-state index contributed by atoms with van der Waals surface area (Å²) in [6.07, 6.45) is 0. The Hall–Kier alpha value is -0.920. The Balaban J connectivity index is 2.48. The van der Waals surface area contributed by atoms with Crippen molar-refractivity contribution < 1.29 is 14.3 Å². The molecule has 16 heavy (non-hydrogen) atoms. The summed E-state index contributed by atoms with van der Waals surface area (Å²) in [5, 5.41) is 0. The summed E-state index contributed by atoms with van der Waals surface area (Å²) in [5.74, 6) is -0.0422. The predicted octanol–water partition coefficient (Wildman–Crippen LogP) is 2.52. The quantitative estimate of drug-likeness (QED) is 0.638. The van der Waals surface area contributed by atoms with Crippen LogP contribution >= 0.6 is 32.0 Å². The van der Waals surface area contributed by atoms with Gasteiger partial charge in [0.1, 0.15) is 9.75 Å². The molecule has 0 aromatic carbocycles. The molecule has 0 atom stereocenters. The zero-order valence-corrected chi connectivity index (χ0v) is 11.0. The Morgan fingerprint density at radius 3 is 2.69 bits per heavy atom. The number of fused-ring (bicyclic) bond motifs is 1. The van der Waals surface area contributed by atoms with E-state index < -0.39 is 0 Å². The Morgan fingerprint density at radius 2 is 2.06 bits per heavy atom. The minimum Gasteiger partial charge on any atom is -0.491 e. The van der Waals surface area contributed by atoms with Gasteiger partial charge in [-0.05, 0) is 6.92 Å². The summed E-state index contributed by atoms with van der Waals surface area (Å²) in [7, 11) is 4.14. The maximum atomic E-state index is 11.6. The zero-order valence-electron chi connectivity index (χ0n) is 8.56. The molecule has 2 rings (SSSR count). The molecular formula is C9H8O4S3. The van der Waals surface area contributed by atoms with E-state index in [0.29, 0.717) is 22.1 Å². The van der Waals surface area contributed by atoms with E-state index in [1.165, 1.54) is 27.8 Å². The van der Waals surface area contributed by atoms with Crippen molar-refractivity contribution in [2.75, 3.05) is 13.7 Å². The molecule has 2 aliphatic heterocycles. The molecule has 0 radical (unpaired) electrons. The molecule has 0 fully saturated rings. The SMILES string of the molecule is CCOC(=O)c1ssc2c(OC)c(=O)sc1-2. The summed E-state index contributed by atoms with van der Waals surface area (Å²) < 4.78 is 9.78. The Labute approximate surface area is 103 Å². The molecule has 0 bridgehead atoms. The number of thiophene rings is 1. The number of hydrogen-bond acceptors (Lipinski definition) is 7. The van der Waals surface area contributed by atoms with Crippen LogP contribution in [0, 0.1) is 0 Å². The Morgan fingerprint density at radius 1 is 1.31 bits per heavy atom. The largest absolute Gasteiger partial charge is 0.491 e. The molecule has 0 saturated heterocycles. The van der Waals surface area contributed by atoms with Crippen molar-refractivity contribution in [3.8, 4) is 15.5 Å². The number of rotatable bonds is 3. The molecule has 0 spiro atoms. The van der Waals surface area contributed by atoms with E-state index >= 15 is 0 Å². The highest BCUT2D eigenvalue weighted by molar-refractivity contribution is 7.72. The van der Waals surface area contributed by atoms with Crippen molar-refractivity contribution in [2.45, 2.75) is 6.92 Å². The van der Waals surface area contributed by atoms with Gasteiger partial charge in [-0.2, -0.15) is 0 Å². The van der Waals surface area contributed by atoms with Gasteiger partial charge in [-0.3, -0.25) is 4.79 Å². The van der Waals surface area contributed by atoms with Crippen molar-refractivity contribution >= 4 is 38.0 Å². The number of ether oxygens (including phenoxy) is 2. The number of methoxy groups -OCH3 is 1. The van der Waals surface area contributed by atoms with Crippen LogP contribution in [0.1, 0.15) is 16.6 Å². The maximum absolute atomic E-state index is 11.6. The van der Waals surface area contributed by atoms with Crippen LogP contribution in [0.2, 0.25) is 0 Å². The molecule has 0 aliphatic carbocycles. The Kier molecular flexibility index (Phi) is 3.27. The number of carbonyl (C=O) groups excluding carboxylic acids is 1. The normalized spacial score (nSPS) is 10.6. The molecular weight excluding hydrogens is 268 g/mol. The van der Waals surface area contributed by atoms with E-state index in [0.717, 1.165) is 16.2 Å². The zero-order chi connectivity index (χ0) is 11.7. The molecule has 0 unspecified atom stereocenters. The highest BCUT2D eigenvalue weighted by Crippen LogP contribution is 2.45. The minimum atomic E-state index is -0.373. The summed E-state index contributed by atoms with van der Waals surface area (Å²) in [4.78, 5) is 25.0. The van der Waals surface area contributed by atoms with Gasteiger partial charge in [-0.25, -0.2) is 4.79 Å². The first-order valence-corrected chi connectivity index (χ1v) is 7.42. The van der Waals surface area contributed by atoms with Gasteiger partial charge in [0.15, 0.2) is 5.75 Å². The number of hydrogen-bond donors (Lipinski definition) is 0. The molecule has 2 heterocycles. The van der Waals surface area contributed by atoms with Gasteiger partial charge in [0.25, 0.3) is 4.74 Å². The molecule has 0 aromatic heterocycles. The summed E-state index contributed by atoms with van der Waals surface area (Å²) in [6, 6.07) is 0. The van der Waals surface area contributed by atoms with E-state index in [1.54, 1.807) is 6.92 Å². The second-order valence-electron chi connectivity index (χ2n) is 2.80. The van der Waals surface area contributed by atoms with Gasteiger partial charge in [0.05, 0.1) is 18.6 Å². The molecule has 4 nitrogen and oxygen atoms in total. The third-order valence-corrected chi connectivity index (χ3v) is 5.54. The third-order valence-electron chi connectivity index (χ3n) is 1.87. The maximum Gasteiger partial charge on any atom is 0.350 e. The van der Waals surface area contributed by atoms with Gasteiger partial charge >= 0.3 is 5.97 Å². The molecule has 0 aromatic rings. The second kappa shape index (κ2) is 4.52. The fraction of sp³-hybridized carbons (Fsp3) is 0.333. The molecule has 0 N–H and O–H groups in total. The van der Waals surface area contributed by atoms with Crippen molar-refractivity contribution in [3.05, 3.63) is 14.4 Å². The highest BCUT2D eigenvalue weighted by Gasteiger charge is 2.27. The van der Waals surface area contributed by atoms with Crippen LogP contribution in [0.4, 0.5) is 0 Å². The average Bonchev–Trinajstić information content (AvgIpc) is 2.75. The van der Waals surface area contributed by atoms with Crippen LogP contribution in [-0.2, 0) is 4.74 Å². The van der Waals surface area contributed by atoms with Gasteiger partial charge in [-0.15, -0.1) is 0 Å². The van der Waals surface area contributed by atoms with Crippen molar-refractivity contribution in [3.63, 3.8) is 0 Å². The topological polar surface area (TPSA) is 52.6 Å². The first kappa shape index (κ1) is 11.6. The summed E-state index contributed by atoms with van der Waals surface area (Å²) in [6.45, 7) is 2.08. The van der Waals surface area contributed by atoms with Crippen LogP contribution in [0.5, 0.6) is 5.75 Å². The number of esters is 1. The van der Waals surface area contributed by atoms with E-state index in [-0.39, 0.29) is 10.7 Å². The second-order valence-corrected chi connectivity index (χ2v) is 5.93. The fourth-order valence-electron chi connectivity index (χ4n) is 1.23. The van der Waals surface area contributed by atoms with Crippen molar-refractivity contribution in [1.82, 2.24) is 0 Å². The lowest BCUT2D eigenvalue weighted by molar-refractivity contribution is 0.0533. The van der Waals surface area contributed by atoms with Crippen molar-refractivity contribution in [2.24, 2.45) is 0 Å².